The van der Waals surface area contributed by atoms with Crippen molar-refractivity contribution in [2.75, 3.05) is 24.5 Å². The number of carbonyl (C=O) groups is 2. The van der Waals surface area contributed by atoms with Crippen molar-refractivity contribution in [1.29, 1.82) is 0 Å². The van der Waals surface area contributed by atoms with Crippen molar-refractivity contribution in [3.05, 3.63) is 65.9 Å². The number of alkyl halides is 3. The van der Waals surface area contributed by atoms with E-state index < -0.39 is 29.5 Å². The number of carbonyl (C=O) groups excluding carboxylic acids is 2. The van der Waals surface area contributed by atoms with E-state index in [2.05, 4.69) is 10.3 Å². The number of halogens is 3. The number of likely N-dealkylation sites (tertiary alicyclic amines) is 1. The maximum atomic E-state index is 14.2. The molecule has 2 saturated heterocycles. The summed E-state index contributed by atoms with van der Waals surface area (Å²) in [5.74, 6) is -0.190. The van der Waals surface area contributed by atoms with E-state index in [4.69, 9.17) is 4.74 Å². The second kappa shape index (κ2) is 11.8. The van der Waals surface area contributed by atoms with E-state index >= 15 is 0 Å². The average molecular weight is 613 g/mol. The average Bonchev–Trinajstić information content (AvgIpc) is 3.60. The summed E-state index contributed by atoms with van der Waals surface area (Å²) in [4.78, 5) is 32.9. The Kier molecular flexibility index (Phi) is 8.39. The molecule has 2 aliphatic rings. The standard InChI is InChI=1S/C32H39F3N6O3/c1-20-7-9-23(10-8-20)27-19-40(37-36-27)26-15-28(39(18-26)30(43)44-31(4,5)6)29(42)41-21(2)16-38(17-22(41)3)25-13-11-24(12-14-25)32(33,34)35/h7-14,19,21-22,26,28H,15-18H2,1-6H3/t21?,22?,26?,28-/m0/s1. The molecule has 2 aromatic carbocycles. The van der Waals surface area contributed by atoms with Gasteiger partial charge in [0, 0.05) is 49.4 Å². The molecule has 0 bridgehead atoms. The Morgan fingerprint density at radius 2 is 1.52 bits per heavy atom. The number of nitrogens with zero attached hydrogens (tertiary/aromatic N) is 6. The van der Waals surface area contributed by atoms with E-state index in [9.17, 15) is 22.8 Å². The molecular weight excluding hydrogens is 573 g/mol. The van der Waals surface area contributed by atoms with Crippen LogP contribution in [0.4, 0.5) is 23.7 Å². The molecular formula is C32H39F3N6O3. The number of rotatable bonds is 4. The van der Waals surface area contributed by atoms with Crippen molar-refractivity contribution in [3.63, 3.8) is 0 Å². The molecule has 236 valence electrons. The third-order valence-corrected chi connectivity index (χ3v) is 8.16. The highest BCUT2D eigenvalue weighted by molar-refractivity contribution is 5.87. The Morgan fingerprint density at radius 3 is 2.09 bits per heavy atom. The number of amides is 2. The highest BCUT2D eigenvalue weighted by atomic mass is 19.4. The van der Waals surface area contributed by atoms with Crippen LogP contribution < -0.4 is 4.90 Å². The lowest BCUT2D eigenvalue weighted by molar-refractivity contribution is -0.141. The number of hydrogen-bond donors (Lipinski definition) is 0. The summed E-state index contributed by atoms with van der Waals surface area (Å²) in [6, 6.07) is 11.5. The van der Waals surface area contributed by atoms with Gasteiger partial charge in [0.25, 0.3) is 0 Å². The molecule has 44 heavy (non-hydrogen) atoms. The second-order valence-electron chi connectivity index (χ2n) is 12.9. The van der Waals surface area contributed by atoms with Crippen molar-refractivity contribution in [2.24, 2.45) is 0 Å². The van der Waals surface area contributed by atoms with Gasteiger partial charge in [-0.3, -0.25) is 9.69 Å². The number of aryl methyl sites for hydroxylation is 1. The summed E-state index contributed by atoms with van der Waals surface area (Å²) in [5, 5.41) is 8.70. The van der Waals surface area contributed by atoms with Crippen molar-refractivity contribution in [3.8, 4) is 11.3 Å². The fraction of sp³-hybridized carbons (Fsp3) is 0.500. The van der Waals surface area contributed by atoms with Crippen LogP contribution in [0.2, 0.25) is 0 Å². The first-order valence-electron chi connectivity index (χ1n) is 14.8. The fourth-order valence-electron chi connectivity index (χ4n) is 6.08. The Morgan fingerprint density at radius 1 is 0.909 bits per heavy atom. The largest absolute Gasteiger partial charge is 0.444 e. The van der Waals surface area contributed by atoms with E-state index in [0.717, 1.165) is 23.3 Å². The van der Waals surface area contributed by atoms with Crippen LogP contribution >= 0.6 is 0 Å². The number of ether oxygens (including phenoxy) is 1. The number of anilines is 1. The molecule has 3 heterocycles. The number of benzene rings is 2. The summed E-state index contributed by atoms with van der Waals surface area (Å²) >= 11 is 0. The lowest BCUT2D eigenvalue weighted by Gasteiger charge is -2.46. The normalized spacial score (nSPS) is 22.8. The van der Waals surface area contributed by atoms with Crippen LogP contribution in [-0.2, 0) is 15.7 Å². The van der Waals surface area contributed by atoms with Crippen molar-refractivity contribution in [2.45, 2.75) is 83.9 Å². The summed E-state index contributed by atoms with van der Waals surface area (Å²) < 4.78 is 46.7. The maximum absolute atomic E-state index is 14.2. The SMILES string of the molecule is Cc1ccc(-c2cn(C3C[C@@H](C(=O)N4C(C)CN(c5ccc(C(F)(F)F)cc5)CC4C)N(C(=O)OC(C)(C)C)C3)nn2)cc1. The van der Waals surface area contributed by atoms with Crippen LogP contribution in [-0.4, -0.2) is 80.2 Å². The van der Waals surface area contributed by atoms with E-state index in [1.54, 1.807) is 30.4 Å². The van der Waals surface area contributed by atoms with Crippen LogP contribution in [0.1, 0.15) is 58.2 Å². The summed E-state index contributed by atoms with van der Waals surface area (Å²) in [7, 11) is 0. The predicted molar refractivity (Wildman–Crippen MR) is 160 cm³/mol. The zero-order valence-corrected chi connectivity index (χ0v) is 25.9. The minimum Gasteiger partial charge on any atom is -0.444 e. The third-order valence-electron chi connectivity index (χ3n) is 8.16. The van der Waals surface area contributed by atoms with Crippen molar-refractivity contribution >= 4 is 17.7 Å². The van der Waals surface area contributed by atoms with E-state index in [-0.39, 0.29) is 30.6 Å². The van der Waals surface area contributed by atoms with Crippen LogP contribution in [0.5, 0.6) is 0 Å². The zero-order chi connectivity index (χ0) is 32.0. The molecule has 0 saturated carbocycles. The van der Waals surface area contributed by atoms with Crippen LogP contribution in [0.3, 0.4) is 0 Å². The molecule has 12 heteroatoms. The molecule has 3 aromatic rings. The van der Waals surface area contributed by atoms with Gasteiger partial charge in [0.2, 0.25) is 5.91 Å². The second-order valence-corrected chi connectivity index (χ2v) is 12.9. The smallest absolute Gasteiger partial charge is 0.416 e. The van der Waals surface area contributed by atoms with Gasteiger partial charge in [-0.15, -0.1) is 5.10 Å². The predicted octanol–water partition coefficient (Wildman–Crippen LogP) is 5.95. The fourth-order valence-corrected chi connectivity index (χ4v) is 6.08. The van der Waals surface area contributed by atoms with Gasteiger partial charge < -0.3 is 14.5 Å². The van der Waals surface area contributed by atoms with Gasteiger partial charge in [0.15, 0.2) is 0 Å². The van der Waals surface area contributed by atoms with Gasteiger partial charge in [-0.25, -0.2) is 9.48 Å². The highest BCUT2D eigenvalue weighted by Gasteiger charge is 2.46. The first kappa shape index (κ1) is 31.3. The third kappa shape index (κ3) is 6.68. The van der Waals surface area contributed by atoms with Gasteiger partial charge in [-0.1, -0.05) is 35.0 Å². The molecule has 0 aliphatic carbocycles. The number of hydrogen-bond acceptors (Lipinski definition) is 6. The molecule has 1 aromatic heterocycles. The lowest BCUT2D eigenvalue weighted by Crippen LogP contribution is -2.62. The topological polar surface area (TPSA) is 83.8 Å². The minimum absolute atomic E-state index is 0.190. The summed E-state index contributed by atoms with van der Waals surface area (Å²) in [6.07, 6.45) is -2.80. The zero-order valence-electron chi connectivity index (χ0n) is 25.9. The van der Waals surface area contributed by atoms with Crippen LogP contribution in [0, 0.1) is 6.92 Å². The van der Waals surface area contributed by atoms with E-state index in [1.165, 1.54) is 17.0 Å². The summed E-state index contributed by atoms with van der Waals surface area (Å²) in [5.41, 5.74) is 1.97. The van der Waals surface area contributed by atoms with Crippen LogP contribution in [0.25, 0.3) is 11.3 Å². The summed E-state index contributed by atoms with van der Waals surface area (Å²) in [6.45, 7) is 12.3. The number of piperazine rings is 1. The van der Waals surface area contributed by atoms with Gasteiger partial charge in [-0.05, 0) is 65.8 Å². The van der Waals surface area contributed by atoms with Crippen molar-refractivity contribution in [1.82, 2.24) is 24.8 Å². The first-order valence-corrected chi connectivity index (χ1v) is 14.8. The number of aromatic nitrogens is 3. The molecule has 2 amide bonds. The Hall–Kier alpha value is -4.09. The van der Waals surface area contributed by atoms with E-state index in [0.29, 0.717) is 30.9 Å². The van der Waals surface area contributed by atoms with Gasteiger partial charge >= 0.3 is 12.3 Å². The minimum atomic E-state index is -4.40. The maximum Gasteiger partial charge on any atom is 0.416 e. The molecule has 2 aliphatic heterocycles. The molecule has 2 fully saturated rings. The highest BCUT2D eigenvalue weighted by Crippen LogP contribution is 2.34. The Bertz CT molecular complexity index is 1470. The van der Waals surface area contributed by atoms with Gasteiger partial charge in [0.05, 0.1) is 17.8 Å². The molecule has 0 spiro atoms. The molecule has 0 N–H and O–H groups in total. The first-order chi connectivity index (χ1) is 20.6. The van der Waals surface area contributed by atoms with Gasteiger partial charge in [-0.2, -0.15) is 13.2 Å². The quantitative estimate of drug-likeness (QED) is 0.362. The molecule has 5 rings (SSSR count). The van der Waals surface area contributed by atoms with Crippen molar-refractivity contribution < 1.29 is 27.5 Å². The Labute approximate surface area is 255 Å². The molecule has 9 nitrogen and oxygen atoms in total. The molecule has 3 unspecified atom stereocenters. The van der Waals surface area contributed by atoms with Crippen LogP contribution in [0.15, 0.2) is 54.7 Å². The monoisotopic (exact) mass is 612 g/mol. The van der Waals surface area contributed by atoms with E-state index in [1.807, 2.05) is 56.1 Å². The molecule has 0 radical (unpaired) electrons. The lowest BCUT2D eigenvalue weighted by atomic mass is 10.0. The van der Waals surface area contributed by atoms with Gasteiger partial charge in [0.1, 0.15) is 17.3 Å². The Balaban J connectivity index is 1.35. The molecule has 4 atom stereocenters.